The van der Waals surface area contributed by atoms with Crippen LogP contribution >= 0.6 is 0 Å². The number of nitrogens with one attached hydrogen (secondary N) is 2. The summed E-state index contributed by atoms with van der Waals surface area (Å²) in [6.07, 6.45) is 1.99. The Hall–Kier alpha value is -3.22. The Labute approximate surface area is 191 Å². The Bertz CT molecular complexity index is 1140. The van der Waals surface area contributed by atoms with Crippen molar-refractivity contribution in [3.63, 3.8) is 0 Å². The van der Waals surface area contributed by atoms with Gasteiger partial charge in [0.05, 0.1) is 34.4 Å². The van der Waals surface area contributed by atoms with Gasteiger partial charge < -0.3 is 20.3 Å². The molecule has 0 saturated carbocycles. The fourth-order valence-corrected chi connectivity index (χ4v) is 5.39. The standard InChI is InChI=1S/C21H25N5O6S/c27-21(22-17-5-1-2-6-20(17)26(28)29)23-18-15-16(7-8-19(18)24-9-3-4-10-24)33(30,31)25-11-13-32-14-12-25/h1-2,5-8,15H,3-4,9-14H2,(H2,22,23,27). The molecule has 12 heteroatoms. The fraction of sp³-hybridized carbons (Fsp3) is 0.381. The number of carbonyl (C=O) groups is 1. The van der Waals surface area contributed by atoms with Gasteiger partial charge in [-0.3, -0.25) is 10.1 Å². The molecule has 2 amide bonds. The first-order chi connectivity index (χ1) is 15.9. The number of ether oxygens (including phenoxy) is 1. The van der Waals surface area contributed by atoms with E-state index in [-0.39, 0.29) is 29.4 Å². The highest BCUT2D eigenvalue weighted by Gasteiger charge is 2.28. The van der Waals surface area contributed by atoms with Crippen LogP contribution in [0.3, 0.4) is 0 Å². The molecule has 2 aliphatic rings. The van der Waals surface area contributed by atoms with Crippen LogP contribution in [-0.4, -0.2) is 63.1 Å². The molecule has 2 N–H and O–H groups in total. The zero-order valence-corrected chi connectivity index (χ0v) is 18.7. The molecule has 0 radical (unpaired) electrons. The molecule has 2 saturated heterocycles. The topological polar surface area (TPSA) is 134 Å². The lowest BCUT2D eigenvalue weighted by molar-refractivity contribution is -0.383. The number of nitro groups is 1. The molecule has 4 rings (SSSR count). The highest BCUT2D eigenvalue weighted by Crippen LogP contribution is 2.33. The lowest BCUT2D eigenvalue weighted by Gasteiger charge is -2.27. The largest absolute Gasteiger partial charge is 0.379 e. The Kier molecular flexibility index (Phi) is 6.77. The molecule has 33 heavy (non-hydrogen) atoms. The molecule has 0 atom stereocenters. The van der Waals surface area contributed by atoms with Gasteiger partial charge in [-0.05, 0) is 37.1 Å². The van der Waals surface area contributed by atoms with E-state index < -0.39 is 21.0 Å². The van der Waals surface area contributed by atoms with Crippen molar-refractivity contribution < 1.29 is 22.9 Å². The van der Waals surface area contributed by atoms with Gasteiger partial charge in [-0.15, -0.1) is 0 Å². The predicted octanol–water partition coefficient (Wildman–Crippen LogP) is 2.86. The van der Waals surface area contributed by atoms with Crippen LogP contribution in [0.5, 0.6) is 0 Å². The fourth-order valence-electron chi connectivity index (χ4n) is 3.96. The number of para-hydroxylation sites is 2. The smallest absolute Gasteiger partial charge is 0.323 e. The van der Waals surface area contributed by atoms with E-state index in [0.717, 1.165) is 25.9 Å². The summed E-state index contributed by atoms with van der Waals surface area (Å²) in [5.41, 5.74) is 0.823. The second-order valence-corrected chi connectivity index (χ2v) is 9.68. The predicted molar refractivity (Wildman–Crippen MR) is 123 cm³/mol. The van der Waals surface area contributed by atoms with Gasteiger partial charge in [0, 0.05) is 32.2 Å². The molecular weight excluding hydrogens is 450 g/mol. The molecule has 0 unspecified atom stereocenters. The molecule has 176 valence electrons. The number of sulfonamides is 1. The van der Waals surface area contributed by atoms with E-state index in [4.69, 9.17) is 4.74 Å². The zero-order valence-electron chi connectivity index (χ0n) is 17.9. The van der Waals surface area contributed by atoms with Crippen LogP contribution in [0.1, 0.15) is 12.8 Å². The van der Waals surface area contributed by atoms with Crippen molar-refractivity contribution in [2.45, 2.75) is 17.7 Å². The molecular formula is C21H25N5O6S. The molecule has 2 fully saturated rings. The van der Waals surface area contributed by atoms with E-state index in [1.807, 2.05) is 0 Å². The van der Waals surface area contributed by atoms with E-state index in [1.54, 1.807) is 18.2 Å². The lowest BCUT2D eigenvalue weighted by Crippen LogP contribution is -2.40. The van der Waals surface area contributed by atoms with Crippen molar-refractivity contribution in [1.82, 2.24) is 4.31 Å². The Morgan fingerprint density at radius 3 is 2.33 bits per heavy atom. The molecule has 2 aliphatic heterocycles. The van der Waals surface area contributed by atoms with E-state index in [0.29, 0.717) is 24.6 Å². The Balaban J connectivity index is 1.63. The summed E-state index contributed by atoms with van der Waals surface area (Å²) in [6.45, 7) is 2.75. The van der Waals surface area contributed by atoms with Crippen molar-refractivity contribution >= 4 is 38.8 Å². The van der Waals surface area contributed by atoms with Gasteiger partial charge in [0.15, 0.2) is 0 Å². The van der Waals surface area contributed by atoms with Crippen molar-refractivity contribution in [1.29, 1.82) is 0 Å². The van der Waals surface area contributed by atoms with Crippen LogP contribution in [0.15, 0.2) is 47.4 Å². The maximum atomic E-state index is 13.1. The SMILES string of the molecule is O=C(Nc1cc(S(=O)(=O)N2CCOCC2)ccc1N1CCCC1)Nc1ccccc1[N+](=O)[O-]. The average Bonchev–Trinajstić information content (AvgIpc) is 3.34. The van der Waals surface area contributed by atoms with Crippen LogP contribution in [0.4, 0.5) is 27.5 Å². The molecule has 2 aromatic carbocycles. The molecule has 0 bridgehead atoms. The number of benzene rings is 2. The third-order valence-corrected chi connectivity index (χ3v) is 7.51. The number of urea groups is 1. The summed E-state index contributed by atoms with van der Waals surface area (Å²) in [5, 5.41) is 16.4. The molecule has 11 nitrogen and oxygen atoms in total. The highest BCUT2D eigenvalue weighted by molar-refractivity contribution is 7.89. The monoisotopic (exact) mass is 475 g/mol. The third-order valence-electron chi connectivity index (χ3n) is 5.62. The normalized spacial score (nSPS) is 17.0. The third kappa shape index (κ3) is 5.07. The van der Waals surface area contributed by atoms with E-state index in [2.05, 4.69) is 15.5 Å². The van der Waals surface area contributed by atoms with Gasteiger partial charge in [-0.2, -0.15) is 4.31 Å². The zero-order chi connectivity index (χ0) is 23.4. The molecule has 2 heterocycles. The van der Waals surface area contributed by atoms with Crippen molar-refractivity contribution in [2.24, 2.45) is 0 Å². The maximum absolute atomic E-state index is 13.1. The number of nitrogens with zero attached hydrogens (tertiary/aromatic N) is 3. The second-order valence-electron chi connectivity index (χ2n) is 7.74. The summed E-state index contributed by atoms with van der Waals surface area (Å²) in [4.78, 5) is 25.5. The molecule has 0 aromatic heterocycles. The van der Waals surface area contributed by atoms with Crippen LogP contribution in [0.2, 0.25) is 0 Å². The first-order valence-electron chi connectivity index (χ1n) is 10.6. The van der Waals surface area contributed by atoms with Crippen LogP contribution in [-0.2, 0) is 14.8 Å². The number of anilines is 3. The van der Waals surface area contributed by atoms with E-state index in [1.165, 1.54) is 28.6 Å². The van der Waals surface area contributed by atoms with Crippen molar-refractivity contribution in [3.05, 3.63) is 52.6 Å². The minimum Gasteiger partial charge on any atom is -0.379 e. The van der Waals surface area contributed by atoms with Crippen LogP contribution in [0.25, 0.3) is 0 Å². The van der Waals surface area contributed by atoms with Crippen molar-refractivity contribution in [3.8, 4) is 0 Å². The van der Waals surface area contributed by atoms with Crippen LogP contribution in [0, 0.1) is 10.1 Å². The molecule has 0 aliphatic carbocycles. The van der Waals surface area contributed by atoms with Gasteiger partial charge in [0.25, 0.3) is 5.69 Å². The van der Waals surface area contributed by atoms with Gasteiger partial charge in [-0.25, -0.2) is 13.2 Å². The maximum Gasteiger partial charge on any atom is 0.323 e. The van der Waals surface area contributed by atoms with Crippen LogP contribution < -0.4 is 15.5 Å². The first-order valence-corrected chi connectivity index (χ1v) is 12.1. The highest BCUT2D eigenvalue weighted by atomic mass is 32.2. The number of amides is 2. The van der Waals surface area contributed by atoms with Gasteiger partial charge >= 0.3 is 6.03 Å². The summed E-state index contributed by atoms with van der Waals surface area (Å²) in [7, 11) is -3.76. The molecule has 2 aromatic rings. The number of hydrogen-bond donors (Lipinski definition) is 2. The summed E-state index contributed by atoms with van der Waals surface area (Å²) >= 11 is 0. The number of rotatable bonds is 6. The number of morpholine rings is 1. The quantitative estimate of drug-likeness (QED) is 0.485. The lowest BCUT2D eigenvalue weighted by atomic mass is 10.2. The van der Waals surface area contributed by atoms with Gasteiger partial charge in [-0.1, -0.05) is 12.1 Å². The minimum atomic E-state index is -3.76. The van der Waals surface area contributed by atoms with Gasteiger partial charge in [0.1, 0.15) is 5.69 Å². The first kappa shape index (κ1) is 23.0. The Morgan fingerprint density at radius 2 is 1.64 bits per heavy atom. The van der Waals surface area contributed by atoms with E-state index in [9.17, 15) is 23.3 Å². The Morgan fingerprint density at radius 1 is 0.970 bits per heavy atom. The summed E-state index contributed by atoms with van der Waals surface area (Å²) in [6, 6.07) is 9.78. The van der Waals surface area contributed by atoms with E-state index >= 15 is 0 Å². The number of hydrogen-bond acceptors (Lipinski definition) is 7. The van der Waals surface area contributed by atoms with Gasteiger partial charge in [0.2, 0.25) is 10.0 Å². The second kappa shape index (κ2) is 9.73. The van der Waals surface area contributed by atoms with Crippen molar-refractivity contribution in [2.75, 3.05) is 54.9 Å². The minimum absolute atomic E-state index is 0.0415. The summed E-state index contributed by atoms with van der Waals surface area (Å²) in [5.74, 6) is 0. The summed E-state index contributed by atoms with van der Waals surface area (Å²) < 4.78 is 32.9. The number of carbonyl (C=O) groups excluding carboxylic acids is 1. The number of nitro benzene ring substituents is 1. The molecule has 0 spiro atoms. The average molecular weight is 476 g/mol.